The van der Waals surface area contributed by atoms with Crippen molar-refractivity contribution in [3.8, 4) is 0 Å². The van der Waals surface area contributed by atoms with Gasteiger partial charge in [-0.25, -0.2) is 4.98 Å². The van der Waals surface area contributed by atoms with Crippen molar-refractivity contribution < 1.29 is 4.74 Å². The van der Waals surface area contributed by atoms with Gasteiger partial charge in [-0.2, -0.15) is 0 Å². The van der Waals surface area contributed by atoms with Crippen molar-refractivity contribution in [2.75, 3.05) is 33.4 Å². The van der Waals surface area contributed by atoms with E-state index >= 15 is 0 Å². The normalized spacial score (nSPS) is 17.7. The van der Waals surface area contributed by atoms with Gasteiger partial charge in [0.15, 0.2) is 0 Å². The summed E-state index contributed by atoms with van der Waals surface area (Å²) in [4.78, 5) is 7.10. The maximum Gasteiger partial charge on any atom is 0.0928 e. The zero-order chi connectivity index (χ0) is 14.2. The molecule has 1 aromatic rings. The van der Waals surface area contributed by atoms with Crippen molar-refractivity contribution in [1.82, 2.24) is 9.88 Å². The molecule has 0 N–H and O–H groups in total. The summed E-state index contributed by atoms with van der Waals surface area (Å²) in [6.07, 6.45) is 6.18. The van der Waals surface area contributed by atoms with Gasteiger partial charge in [-0.1, -0.05) is 0 Å². The average Bonchev–Trinajstić information content (AvgIpc) is 2.94. The Hall–Kier alpha value is -0.160. The second kappa shape index (κ2) is 8.98. The predicted molar refractivity (Wildman–Crippen MR) is 85.6 cm³/mol. The lowest BCUT2D eigenvalue weighted by Gasteiger charge is -2.31. The molecule has 20 heavy (non-hydrogen) atoms. The molecule has 1 fully saturated rings. The number of methoxy groups -OCH3 is 1. The first-order chi connectivity index (χ1) is 9.81. The minimum absolute atomic E-state index is 0.535. The molecule has 1 aliphatic heterocycles. The summed E-state index contributed by atoms with van der Waals surface area (Å²) in [5.41, 5.74) is 1.02. The fraction of sp³-hybridized carbons (Fsp3) is 0.800. The first kappa shape index (κ1) is 16.2. The number of aryl methyl sites for hydroxylation is 1. The van der Waals surface area contributed by atoms with E-state index in [4.69, 9.17) is 16.3 Å². The third-order valence-electron chi connectivity index (χ3n) is 3.96. The molecule has 0 spiro atoms. The second-order valence-electron chi connectivity index (χ2n) is 5.56. The zero-order valence-corrected chi connectivity index (χ0v) is 13.9. The van der Waals surface area contributed by atoms with Crippen LogP contribution in [0.25, 0.3) is 0 Å². The van der Waals surface area contributed by atoms with Crippen molar-refractivity contribution in [1.29, 1.82) is 0 Å². The van der Waals surface area contributed by atoms with Gasteiger partial charge in [-0.15, -0.1) is 22.9 Å². The molecule has 0 bridgehead atoms. The Labute approximate surface area is 131 Å². The van der Waals surface area contributed by atoms with E-state index in [0.29, 0.717) is 5.88 Å². The average molecular weight is 317 g/mol. The lowest BCUT2D eigenvalue weighted by atomic mass is 9.97. The van der Waals surface area contributed by atoms with Crippen LogP contribution < -0.4 is 0 Å². The van der Waals surface area contributed by atoms with Crippen LogP contribution in [0.3, 0.4) is 0 Å². The van der Waals surface area contributed by atoms with Gasteiger partial charge < -0.3 is 9.64 Å². The van der Waals surface area contributed by atoms with Gasteiger partial charge in [0.1, 0.15) is 0 Å². The zero-order valence-electron chi connectivity index (χ0n) is 12.3. The van der Waals surface area contributed by atoms with E-state index < -0.39 is 0 Å². The van der Waals surface area contributed by atoms with Gasteiger partial charge in [0.25, 0.3) is 0 Å². The number of likely N-dealkylation sites (tertiary alicyclic amines) is 1. The number of alkyl halides is 1. The molecule has 0 unspecified atom stereocenters. The van der Waals surface area contributed by atoms with Gasteiger partial charge in [-0.05, 0) is 57.7 Å². The molecule has 3 nitrogen and oxygen atoms in total. The Kier molecular flexibility index (Phi) is 7.28. The van der Waals surface area contributed by atoms with Crippen molar-refractivity contribution in [2.24, 2.45) is 5.92 Å². The molecule has 0 amide bonds. The van der Waals surface area contributed by atoms with E-state index in [1.165, 1.54) is 50.3 Å². The number of halogens is 1. The van der Waals surface area contributed by atoms with Gasteiger partial charge in [-0.3, -0.25) is 0 Å². The van der Waals surface area contributed by atoms with E-state index in [1.54, 1.807) is 18.4 Å². The number of nitrogens with zero attached hydrogens (tertiary/aromatic N) is 2. The Bertz CT molecular complexity index is 378. The Balaban J connectivity index is 1.55. The Morgan fingerprint density at radius 2 is 2.20 bits per heavy atom. The number of rotatable bonds is 8. The number of aromatic nitrogens is 1. The van der Waals surface area contributed by atoms with E-state index in [-0.39, 0.29) is 0 Å². The molecule has 0 aliphatic carbocycles. The summed E-state index contributed by atoms with van der Waals surface area (Å²) in [5.74, 6) is 1.31. The molecule has 1 aromatic heterocycles. The second-order valence-corrected chi connectivity index (χ2v) is 6.77. The van der Waals surface area contributed by atoms with Crippen molar-refractivity contribution >= 4 is 22.9 Å². The maximum atomic E-state index is 5.77. The third-order valence-corrected chi connectivity index (χ3v) is 5.19. The summed E-state index contributed by atoms with van der Waals surface area (Å²) in [6.45, 7) is 4.64. The standard InChI is InChI=1S/C15H25ClN2OS/c1-19-11-13-5-8-18(9-6-13)7-3-2-4-15-17-14(10-16)12-20-15/h12-13H,2-11H2,1H3. The SMILES string of the molecule is COCC1CCN(CCCCc2nc(CCl)cs2)CC1. The molecule has 0 aromatic carbocycles. The maximum absolute atomic E-state index is 5.77. The van der Waals surface area contributed by atoms with Crippen LogP contribution >= 0.6 is 22.9 Å². The molecule has 0 radical (unpaired) electrons. The van der Waals surface area contributed by atoms with Crippen molar-refractivity contribution in [3.05, 3.63) is 16.1 Å². The van der Waals surface area contributed by atoms with Crippen LogP contribution in [0.5, 0.6) is 0 Å². The van der Waals surface area contributed by atoms with Crippen molar-refractivity contribution in [2.45, 2.75) is 38.0 Å². The lowest BCUT2D eigenvalue weighted by Crippen LogP contribution is -2.35. The molecule has 1 saturated heterocycles. The number of hydrogen-bond donors (Lipinski definition) is 0. The number of unbranched alkanes of at least 4 members (excludes halogenated alkanes) is 1. The van der Waals surface area contributed by atoms with Crippen molar-refractivity contribution in [3.63, 3.8) is 0 Å². The summed E-state index contributed by atoms with van der Waals surface area (Å²) in [6, 6.07) is 0. The molecule has 114 valence electrons. The molecule has 1 aliphatic rings. The smallest absolute Gasteiger partial charge is 0.0928 e. The van der Waals surface area contributed by atoms with Gasteiger partial charge in [0.2, 0.25) is 0 Å². The van der Waals surface area contributed by atoms with Gasteiger partial charge in [0.05, 0.1) is 16.6 Å². The molecule has 0 saturated carbocycles. The molecular weight excluding hydrogens is 292 g/mol. The summed E-state index contributed by atoms with van der Waals surface area (Å²) < 4.78 is 5.24. The highest BCUT2D eigenvalue weighted by Crippen LogP contribution is 2.18. The highest BCUT2D eigenvalue weighted by molar-refractivity contribution is 7.09. The summed E-state index contributed by atoms with van der Waals surface area (Å²) in [5, 5.41) is 3.31. The van der Waals surface area contributed by atoms with Crippen LogP contribution in [-0.4, -0.2) is 43.2 Å². The lowest BCUT2D eigenvalue weighted by molar-refractivity contribution is 0.0989. The van der Waals surface area contributed by atoms with Crippen LogP contribution in [-0.2, 0) is 17.0 Å². The third kappa shape index (κ3) is 5.32. The first-order valence-corrected chi connectivity index (χ1v) is 8.93. The minimum Gasteiger partial charge on any atom is -0.384 e. The highest BCUT2D eigenvalue weighted by Gasteiger charge is 2.18. The molecule has 0 atom stereocenters. The van der Waals surface area contributed by atoms with Crippen LogP contribution in [0.15, 0.2) is 5.38 Å². The minimum atomic E-state index is 0.535. The molecule has 2 heterocycles. The summed E-state index contributed by atoms with van der Waals surface area (Å²) >= 11 is 7.51. The fourth-order valence-corrected chi connectivity index (χ4v) is 3.82. The number of hydrogen-bond acceptors (Lipinski definition) is 4. The van der Waals surface area contributed by atoms with Gasteiger partial charge >= 0.3 is 0 Å². The molecule has 5 heteroatoms. The van der Waals surface area contributed by atoms with E-state index in [9.17, 15) is 0 Å². The van der Waals surface area contributed by atoms with E-state index in [2.05, 4.69) is 15.3 Å². The molecular formula is C15H25ClN2OS. The highest BCUT2D eigenvalue weighted by atomic mass is 35.5. The first-order valence-electron chi connectivity index (χ1n) is 7.52. The van der Waals surface area contributed by atoms with Crippen LogP contribution in [0, 0.1) is 5.92 Å². The quantitative estimate of drug-likeness (QED) is 0.541. The van der Waals surface area contributed by atoms with E-state index in [1.807, 2.05) is 0 Å². The molecule has 2 rings (SSSR count). The Morgan fingerprint density at radius 3 is 2.85 bits per heavy atom. The van der Waals surface area contributed by atoms with Gasteiger partial charge in [0, 0.05) is 19.1 Å². The topological polar surface area (TPSA) is 25.4 Å². The number of piperidine rings is 1. The monoisotopic (exact) mass is 316 g/mol. The predicted octanol–water partition coefficient (Wildman–Crippen LogP) is 3.56. The Morgan fingerprint density at radius 1 is 1.40 bits per heavy atom. The van der Waals surface area contributed by atoms with Crippen LogP contribution in [0.1, 0.15) is 36.4 Å². The van der Waals surface area contributed by atoms with Crippen LogP contribution in [0.4, 0.5) is 0 Å². The largest absolute Gasteiger partial charge is 0.384 e. The van der Waals surface area contributed by atoms with Crippen LogP contribution in [0.2, 0.25) is 0 Å². The van der Waals surface area contributed by atoms with E-state index in [0.717, 1.165) is 24.6 Å². The number of ether oxygens (including phenoxy) is 1. The number of thiazole rings is 1. The summed E-state index contributed by atoms with van der Waals surface area (Å²) in [7, 11) is 1.81. The fourth-order valence-electron chi connectivity index (χ4n) is 2.75.